The molecule has 2 amide bonds. The van der Waals surface area contributed by atoms with Crippen molar-refractivity contribution in [2.75, 3.05) is 47.0 Å². The number of methoxy groups -OCH3 is 2. The molecule has 0 aromatic heterocycles. The minimum atomic E-state index is -1.13. The fourth-order valence-corrected chi connectivity index (χ4v) is 1.34. The van der Waals surface area contributed by atoms with E-state index >= 15 is 0 Å². The van der Waals surface area contributed by atoms with Gasteiger partial charge in [-0.15, -0.1) is 0 Å². The summed E-state index contributed by atoms with van der Waals surface area (Å²) in [7, 11) is 2.68. The van der Waals surface area contributed by atoms with Gasteiger partial charge in [-0.1, -0.05) is 0 Å². The van der Waals surface area contributed by atoms with Gasteiger partial charge < -0.3 is 24.4 Å². The van der Waals surface area contributed by atoms with Gasteiger partial charge in [0.15, 0.2) is 0 Å². The molecule has 0 atom stereocenters. The molecule has 110 valence electrons. The number of carbonyl (C=O) groups excluding carboxylic acids is 2. The zero-order valence-corrected chi connectivity index (χ0v) is 11.4. The van der Waals surface area contributed by atoms with Gasteiger partial charge in [-0.05, 0) is 6.92 Å². The van der Waals surface area contributed by atoms with Crippen LogP contribution in [0.15, 0.2) is 0 Å². The maximum atomic E-state index is 12.1. The second-order valence-corrected chi connectivity index (χ2v) is 3.68. The van der Waals surface area contributed by atoms with Gasteiger partial charge in [0, 0.05) is 20.2 Å². The maximum absolute atomic E-state index is 12.1. The van der Waals surface area contributed by atoms with Crippen LogP contribution in [-0.2, 0) is 19.1 Å². The lowest BCUT2D eigenvalue weighted by Gasteiger charge is -2.28. The molecular weight excluding hydrogens is 256 g/mol. The number of carbonyl (C=O) groups is 3. The van der Waals surface area contributed by atoms with Gasteiger partial charge in [-0.25, -0.2) is 4.79 Å². The topological polar surface area (TPSA) is 96.4 Å². The molecule has 8 heteroatoms. The van der Waals surface area contributed by atoms with Crippen LogP contribution in [0.3, 0.4) is 0 Å². The first-order chi connectivity index (χ1) is 8.96. The zero-order chi connectivity index (χ0) is 14.8. The van der Waals surface area contributed by atoms with Crippen molar-refractivity contribution in [2.45, 2.75) is 6.92 Å². The average Bonchev–Trinajstić information content (AvgIpc) is 2.39. The summed E-state index contributed by atoms with van der Waals surface area (Å²) in [6, 6.07) is -0.535. The van der Waals surface area contributed by atoms with E-state index in [1.165, 1.54) is 19.1 Å². The van der Waals surface area contributed by atoms with Crippen LogP contribution in [0.5, 0.6) is 0 Å². The maximum Gasteiger partial charge on any atom is 0.325 e. The predicted molar refractivity (Wildman–Crippen MR) is 65.7 cm³/mol. The van der Waals surface area contributed by atoms with E-state index in [-0.39, 0.29) is 26.2 Å². The Bertz CT molecular complexity index is 320. The van der Waals surface area contributed by atoms with Crippen LogP contribution in [0.4, 0.5) is 4.79 Å². The Morgan fingerprint density at radius 2 is 1.74 bits per heavy atom. The number of nitrogens with zero attached hydrogens (tertiary/aromatic N) is 2. The Morgan fingerprint density at radius 3 is 2.16 bits per heavy atom. The van der Waals surface area contributed by atoms with Gasteiger partial charge in [0.05, 0.1) is 13.7 Å². The number of aliphatic carboxylic acids is 1. The van der Waals surface area contributed by atoms with Crippen molar-refractivity contribution in [3.05, 3.63) is 0 Å². The van der Waals surface area contributed by atoms with Crippen molar-refractivity contribution in [1.82, 2.24) is 9.80 Å². The second kappa shape index (κ2) is 9.15. The average molecular weight is 276 g/mol. The molecule has 0 aromatic carbocycles. The van der Waals surface area contributed by atoms with E-state index in [1.54, 1.807) is 6.92 Å². The van der Waals surface area contributed by atoms with E-state index in [1.807, 2.05) is 0 Å². The molecule has 0 saturated heterocycles. The van der Waals surface area contributed by atoms with Crippen LogP contribution >= 0.6 is 0 Å². The van der Waals surface area contributed by atoms with Crippen LogP contribution in [0.2, 0.25) is 0 Å². The van der Waals surface area contributed by atoms with Crippen molar-refractivity contribution >= 4 is 18.0 Å². The largest absolute Gasteiger partial charge is 0.480 e. The zero-order valence-electron chi connectivity index (χ0n) is 11.4. The lowest BCUT2D eigenvalue weighted by molar-refractivity contribution is -0.141. The summed E-state index contributed by atoms with van der Waals surface area (Å²) in [6.45, 7) is 1.66. The normalized spacial score (nSPS) is 9.84. The lowest BCUT2D eigenvalue weighted by Crippen LogP contribution is -2.48. The number of urea groups is 1. The van der Waals surface area contributed by atoms with Crippen LogP contribution in [-0.4, -0.2) is 79.9 Å². The molecule has 0 radical (unpaired) electrons. The summed E-state index contributed by atoms with van der Waals surface area (Å²) in [5, 5.41) is 8.77. The Kier molecular flexibility index (Phi) is 8.27. The third-order valence-electron chi connectivity index (χ3n) is 2.36. The highest BCUT2D eigenvalue weighted by molar-refractivity contribution is 5.83. The molecule has 0 aromatic rings. The molecule has 19 heavy (non-hydrogen) atoms. The molecule has 0 rings (SSSR count). The second-order valence-electron chi connectivity index (χ2n) is 3.68. The molecule has 0 saturated carbocycles. The molecule has 0 fully saturated rings. The standard InChI is InChI=1S/C11H20N2O6/c1-4-12(8-10(16)19-3)11(17)13(5-6-18-2)7-9(14)15/h4-8H2,1-3H3,(H,14,15). The Hall–Kier alpha value is -1.83. The number of amides is 2. The fourth-order valence-electron chi connectivity index (χ4n) is 1.34. The summed E-state index contributed by atoms with van der Waals surface area (Å²) in [4.78, 5) is 36.3. The lowest BCUT2D eigenvalue weighted by atomic mass is 10.4. The molecular formula is C11H20N2O6. The molecule has 1 N–H and O–H groups in total. The SMILES string of the molecule is CCN(CC(=O)OC)C(=O)N(CCOC)CC(=O)O. The number of hydrogen-bond donors (Lipinski definition) is 1. The number of rotatable bonds is 8. The number of esters is 1. The van der Waals surface area contributed by atoms with Gasteiger partial charge >= 0.3 is 18.0 Å². The Labute approximate surface area is 111 Å². The highest BCUT2D eigenvalue weighted by atomic mass is 16.5. The summed E-state index contributed by atoms with van der Waals surface area (Å²) < 4.78 is 9.31. The van der Waals surface area contributed by atoms with E-state index in [0.29, 0.717) is 0 Å². The van der Waals surface area contributed by atoms with Crippen molar-refractivity contribution in [3.63, 3.8) is 0 Å². The van der Waals surface area contributed by atoms with E-state index in [9.17, 15) is 14.4 Å². The number of carboxylic acids is 1. The minimum Gasteiger partial charge on any atom is -0.480 e. The van der Waals surface area contributed by atoms with E-state index in [4.69, 9.17) is 9.84 Å². The molecule has 8 nitrogen and oxygen atoms in total. The first-order valence-corrected chi connectivity index (χ1v) is 5.77. The van der Waals surface area contributed by atoms with Crippen molar-refractivity contribution < 1.29 is 29.0 Å². The van der Waals surface area contributed by atoms with Crippen molar-refractivity contribution in [1.29, 1.82) is 0 Å². The van der Waals surface area contributed by atoms with Gasteiger partial charge in [-0.3, -0.25) is 9.59 Å². The quantitative estimate of drug-likeness (QED) is 0.608. The smallest absolute Gasteiger partial charge is 0.325 e. The Morgan fingerprint density at radius 1 is 1.11 bits per heavy atom. The summed E-state index contributed by atoms with van der Waals surface area (Å²) in [6.07, 6.45) is 0. The van der Waals surface area contributed by atoms with E-state index < -0.39 is 24.5 Å². The highest BCUT2D eigenvalue weighted by Gasteiger charge is 2.23. The van der Waals surface area contributed by atoms with Crippen LogP contribution in [0.1, 0.15) is 6.92 Å². The fraction of sp³-hybridized carbons (Fsp3) is 0.727. The number of ether oxygens (including phenoxy) is 2. The molecule has 0 spiro atoms. The van der Waals surface area contributed by atoms with Gasteiger partial charge in [-0.2, -0.15) is 0 Å². The minimum absolute atomic E-state index is 0.138. The summed E-state index contributed by atoms with van der Waals surface area (Å²) in [5.74, 6) is -1.68. The first kappa shape index (κ1) is 17.2. The molecule has 0 unspecified atom stereocenters. The molecule has 0 bridgehead atoms. The molecule has 0 aliphatic rings. The number of hydrogen-bond acceptors (Lipinski definition) is 5. The summed E-state index contributed by atoms with van der Waals surface area (Å²) in [5.41, 5.74) is 0. The monoisotopic (exact) mass is 276 g/mol. The van der Waals surface area contributed by atoms with Crippen LogP contribution in [0, 0.1) is 0 Å². The molecule has 0 aliphatic heterocycles. The Balaban J connectivity index is 4.71. The highest BCUT2D eigenvalue weighted by Crippen LogP contribution is 2.00. The number of carboxylic acid groups (broad SMARTS) is 1. The van der Waals surface area contributed by atoms with E-state index in [0.717, 1.165) is 4.90 Å². The molecule has 0 aliphatic carbocycles. The third kappa shape index (κ3) is 6.61. The van der Waals surface area contributed by atoms with Gasteiger partial charge in [0.2, 0.25) is 0 Å². The van der Waals surface area contributed by atoms with Crippen LogP contribution < -0.4 is 0 Å². The van der Waals surface area contributed by atoms with Crippen molar-refractivity contribution in [3.8, 4) is 0 Å². The van der Waals surface area contributed by atoms with E-state index in [2.05, 4.69) is 4.74 Å². The molecule has 0 heterocycles. The van der Waals surface area contributed by atoms with Crippen molar-refractivity contribution in [2.24, 2.45) is 0 Å². The van der Waals surface area contributed by atoms with Gasteiger partial charge in [0.1, 0.15) is 13.1 Å². The van der Waals surface area contributed by atoms with Crippen LogP contribution in [0.25, 0.3) is 0 Å². The number of likely N-dealkylation sites (N-methyl/N-ethyl adjacent to an activating group) is 1. The third-order valence-corrected chi connectivity index (χ3v) is 2.36. The predicted octanol–water partition coefficient (Wildman–Crippen LogP) is -0.366. The first-order valence-electron chi connectivity index (χ1n) is 5.77. The summed E-state index contributed by atoms with van der Waals surface area (Å²) >= 11 is 0. The van der Waals surface area contributed by atoms with Gasteiger partial charge in [0.25, 0.3) is 0 Å².